The van der Waals surface area contributed by atoms with Gasteiger partial charge < -0.3 is 4.74 Å². The van der Waals surface area contributed by atoms with Crippen molar-refractivity contribution in [2.75, 3.05) is 0 Å². The van der Waals surface area contributed by atoms with Crippen molar-refractivity contribution in [3.05, 3.63) is 28.7 Å². The molecule has 0 radical (unpaired) electrons. The number of aromatic amines is 1. The number of ether oxygens (including phenoxy) is 1. The Morgan fingerprint density at radius 3 is 2.09 bits per heavy atom. The van der Waals surface area contributed by atoms with E-state index in [1.165, 1.54) is 0 Å². The van der Waals surface area contributed by atoms with Gasteiger partial charge in [0.2, 0.25) is 0 Å². The number of hydrogen-bond acceptors (Lipinski definition) is 7. The molecule has 2 aliphatic rings. The summed E-state index contributed by atoms with van der Waals surface area (Å²) in [7, 11) is 0. The summed E-state index contributed by atoms with van der Waals surface area (Å²) in [6, 6.07) is 0. The first-order valence-corrected chi connectivity index (χ1v) is 20.6. The topological polar surface area (TPSA) is 115 Å². The van der Waals surface area contributed by atoms with E-state index in [0.29, 0.717) is 35.4 Å². The fourth-order valence-corrected chi connectivity index (χ4v) is 8.52. The van der Waals surface area contributed by atoms with Crippen molar-refractivity contribution in [1.29, 1.82) is 0 Å². The van der Waals surface area contributed by atoms with E-state index >= 15 is 4.79 Å². The van der Waals surface area contributed by atoms with E-state index in [1.807, 2.05) is 4.52 Å². The van der Waals surface area contributed by atoms with Crippen molar-refractivity contribution in [1.82, 2.24) is 34.6 Å². The maximum Gasteiger partial charge on any atom is 0.342 e. The van der Waals surface area contributed by atoms with Gasteiger partial charge in [-0.3, -0.25) is 5.10 Å². The van der Waals surface area contributed by atoms with Crippen LogP contribution in [0.4, 0.5) is 5.69 Å². The van der Waals surface area contributed by atoms with E-state index in [-0.39, 0.29) is 57.9 Å². The molecular formula is C43H70N8O2. The number of esters is 1. The van der Waals surface area contributed by atoms with Crippen molar-refractivity contribution in [2.45, 2.75) is 179 Å². The van der Waals surface area contributed by atoms with Crippen LogP contribution in [0.2, 0.25) is 0 Å². The molecule has 4 heterocycles. The third kappa shape index (κ3) is 8.22. The number of fused-ring (bicyclic) bond motifs is 2. The average molecular weight is 731 g/mol. The number of nitrogens with zero attached hydrogens (tertiary/aromatic N) is 7. The lowest BCUT2D eigenvalue weighted by molar-refractivity contribution is -0.162. The summed E-state index contributed by atoms with van der Waals surface area (Å²) < 4.78 is 10.7. The van der Waals surface area contributed by atoms with Crippen molar-refractivity contribution in [3.63, 3.8) is 0 Å². The maximum atomic E-state index is 15.0. The number of aromatic nitrogens is 7. The summed E-state index contributed by atoms with van der Waals surface area (Å²) in [6.45, 7) is 35.6. The smallest absolute Gasteiger partial charge is 0.342 e. The molecule has 3 aromatic heterocycles. The van der Waals surface area contributed by atoms with Gasteiger partial charge in [0.15, 0.2) is 29.0 Å². The number of carbonyl (C=O) groups is 1. The van der Waals surface area contributed by atoms with Crippen LogP contribution in [0.3, 0.4) is 0 Å². The van der Waals surface area contributed by atoms with E-state index in [1.54, 1.807) is 4.68 Å². The van der Waals surface area contributed by atoms with Crippen LogP contribution in [0, 0.1) is 34.5 Å². The first-order chi connectivity index (χ1) is 24.6. The molecule has 1 aliphatic heterocycles. The molecule has 3 aromatic rings. The van der Waals surface area contributed by atoms with Gasteiger partial charge in [0.1, 0.15) is 17.4 Å². The number of unbranched alkanes of at least 4 members (excludes halogenated alkanes) is 1. The Kier molecular flexibility index (Phi) is 11.6. The van der Waals surface area contributed by atoms with Crippen molar-refractivity contribution < 1.29 is 9.53 Å². The van der Waals surface area contributed by atoms with Gasteiger partial charge in [-0.15, -0.1) is 5.10 Å². The second-order valence-electron chi connectivity index (χ2n) is 20.2. The third-order valence-electron chi connectivity index (χ3n) is 11.6. The van der Waals surface area contributed by atoms with E-state index in [9.17, 15) is 0 Å². The van der Waals surface area contributed by atoms with Gasteiger partial charge >= 0.3 is 5.97 Å². The van der Waals surface area contributed by atoms with Crippen LogP contribution < -0.4 is 0 Å². The summed E-state index contributed by atoms with van der Waals surface area (Å²) in [4.78, 5) is 25.5. The zero-order chi connectivity index (χ0) is 39.4. The molecule has 3 unspecified atom stereocenters. The second kappa shape index (κ2) is 15.1. The third-order valence-corrected chi connectivity index (χ3v) is 11.6. The van der Waals surface area contributed by atoms with E-state index in [4.69, 9.17) is 30.0 Å². The van der Waals surface area contributed by atoms with Crippen LogP contribution in [-0.4, -0.2) is 52.5 Å². The highest BCUT2D eigenvalue weighted by molar-refractivity contribution is 6.28. The van der Waals surface area contributed by atoms with Gasteiger partial charge in [-0.05, 0) is 54.8 Å². The summed E-state index contributed by atoms with van der Waals surface area (Å²) in [5, 5.41) is 18.4. The number of nitrogens with one attached hydrogen (secondary N) is 1. The molecule has 10 nitrogen and oxygen atoms in total. The molecule has 1 fully saturated rings. The Balaban J connectivity index is 1.73. The van der Waals surface area contributed by atoms with E-state index in [2.05, 4.69) is 116 Å². The molecule has 10 heteroatoms. The van der Waals surface area contributed by atoms with Crippen LogP contribution in [0.25, 0.3) is 11.2 Å². The van der Waals surface area contributed by atoms with Crippen molar-refractivity contribution in [2.24, 2.45) is 39.5 Å². The number of hydrogen-bond donors (Lipinski definition) is 1. The monoisotopic (exact) mass is 731 g/mol. The predicted octanol–water partition coefficient (Wildman–Crippen LogP) is 10.8. The molecule has 1 saturated carbocycles. The molecule has 0 saturated heterocycles. The Bertz CT molecular complexity index is 1810. The van der Waals surface area contributed by atoms with Crippen LogP contribution in [0.5, 0.6) is 0 Å². The molecule has 294 valence electrons. The number of allylic oxidation sites excluding steroid dienone is 1. The van der Waals surface area contributed by atoms with Crippen molar-refractivity contribution in [3.8, 4) is 0 Å². The summed E-state index contributed by atoms with van der Waals surface area (Å²) in [5.74, 6) is 4.03. The molecule has 0 spiro atoms. The molecule has 0 bridgehead atoms. The minimum absolute atomic E-state index is 0.0289. The minimum Gasteiger partial charge on any atom is -0.458 e. The zero-order valence-corrected chi connectivity index (χ0v) is 35.9. The van der Waals surface area contributed by atoms with Crippen molar-refractivity contribution >= 4 is 28.7 Å². The highest BCUT2D eigenvalue weighted by atomic mass is 16.5. The SMILES string of the molecule is CCCCC(CC)c1n[nH]c2c(/N=C3/C(CC(C)C)=C(C(=O)OC4C(C(C)(C)C)CC(C)CC4C(C)(C)C)c4nc(C(C)C)nn43)c(C(C)(C)C)nn12. The summed E-state index contributed by atoms with van der Waals surface area (Å²) >= 11 is 0. The standard InChI is InChI=1S/C43H70N8O2/c1-17-19-20-27(18-2)36-46-47-39-32(34(43(14,15)16)48-50(36)39)44-37-28(21-24(3)4)31(38-45-35(25(5)6)49-51(37)38)40(52)53-33-29(41(8,9)10)22-26(7)23-30(33)42(11,12)13/h24-27,29-30,33,47H,17-23H2,1-16H3/b44-37-. The van der Waals surface area contributed by atoms with Crippen LogP contribution >= 0.6 is 0 Å². The summed E-state index contributed by atoms with van der Waals surface area (Å²) in [5.41, 5.74) is 3.30. The maximum absolute atomic E-state index is 15.0. The normalized spacial score (nSPS) is 22.9. The van der Waals surface area contributed by atoms with Crippen LogP contribution in [-0.2, 0) is 14.9 Å². The Hall–Kier alpha value is -3.30. The van der Waals surface area contributed by atoms with E-state index in [0.717, 1.165) is 67.0 Å². The van der Waals surface area contributed by atoms with Gasteiger partial charge in [0, 0.05) is 34.7 Å². The number of rotatable bonds is 11. The van der Waals surface area contributed by atoms with Gasteiger partial charge in [-0.2, -0.15) is 19.4 Å². The van der Waals surface area contributed by atoms with Crippen LogP contribution in [0.1, 0.15) is 191 Å². The molecule has 0 aromatic carbocycles. The largest absolute Gasteiger partial charge is 0.458 e. The molecule has 3 atom stereocenters. The lowest BCUT2D eigenvalue weighted by atomic mass is 9.59. The molecule has 0 amide bonds. The van der Waals surface area contributed by atoms with Gasteiger partial charge in [0.25, 0.3) is 0 Å². The predicted molar refractivity (Wildman–Crippen MR) is 216 cm³/mol. The molecule has 1 aliphatic carbocycles. The average Bonchev–Trinajstić information content (AvgIpc) is 3.78. The first kappa shape index (κ1) is 40.9. The fraction of sp³-hybridized carbons (Fsp3) is 0.767. The Labute approximate surface area is 319 Å². The lowest BCUT2D eigenvalue weighted by Gasteiger charge is -2.50. The van der Waals surface area contributed by atoms with E-state index < -0.39 is 0 Å². The quantitative estimate of drug-likeness (QED) is 0.196. The molecule has 5 rings (SSSR count). The highest BCUT2D eigenvalue weighted by Gasteiger charge is 2.49. The molecular weight excluding hydrogens is 661 g/mol. The van der Waals surface area contributed by atoms with Gasteiger partial charge in [-0.25, -0.2) is 14.8 Å². The van der Waals surface area contributed by atoms with Gasteiger partial charge in [-0.1, -0.05) is 124 Å². The first-order valence-electron chi connectivity index (χ1n) is 20.6. The molecule has 1 N–H and O–H groups in total. The second-order valence-corrected chi connectivity index (χ2v) is 20.2. The fourth-order valence-electron chi connectivity index (χ4n) is 8.52. The molecule has 53 heavy (non-hydrogen) atoms. The van der Waals surface area contributed by atoms with Gasteiger partial charge in [0.05, 0.1) is 5.69 Å². The minimum atomic E-state index is -0.320. The Morgan fingerprint density at radius 1 is 0.962 bits per heavy atom. The zero-order valence-electron chi connectivity index (χ0n) is 35.9. The lowest BCUT2D eigenvalue weighted by Crippen LogP contribution is -2.49. The number of aliphatic imine (C=N–C) groups is 1. The number of carbonyl (C=O) groups excluding carboxylic acids is 1. The summed E-state index contributed by atoms with van der Waals surface area (Å²) in [6.07, 6.45) is 6.77. The van der Waals surface area contributed by atoms with Crippen LogP contribution in [0.15, 0.2) is 10.6 Å². The number of H-pyrrole nitrogens is 1. The highest BCUT2D eigenvalue weighted by Crippen LogP contribution is 2.50. The Morgan fingerprint density at radius 2 is 1.58 bits per heavy atom.